The molecule has 1 heterocycles. The van der Waals surface area contributed by atoms with Crippen LogP contribution in [0.5, 0.6) is 0 Å². The Hall–Kier alpha value is -1.87. The van der Waals surface area contributed by atoms with Crippen molar-refractivity contribution in [2.45, 2.75) is 24.8 Å². The van der Waals surface area contributed by atoms with E-state index in [9.17, 15) is 18.0 Å². The van der Waals surface area contributed by atoms with E-state index in [2.05, 4.69) is 5.32 Å². The van der Waals surface area contributed by atoms with E-state index in [0.29, 0.717) is 0 Å². The summed E-state index contributed by atoms with van der Waals surface area (Å²) in [5, 5.41) is 11.5. The largest absolute Gasteiger partial charge is 0.480 e. The number of nitrogens with zero attached hydrogens (tertiary/aromatic N) is 2. The van der Waals surface area contributed by atoms with Crippen molar-refractivity contribution < 1.29 is 23.1 Å². The maximum Gasteiger partial charge on any atom is 0.326 e. The number of aromatic nitrogens is 1. The van der Waals surface area contributed by atoms with Gasteiger partial charge in [-0.2, -0.15) is 0 Å². The topological polar surface area (TPSA) is 109 Å². The minimum absolute atomic E-state index is 0.0263. The van der Waals surface area contributed by atoms with Gasteiger partial charge in [-0.3, -0.25) is 4.79 Å². The molecule has 1 amide bonds. The van der Waals surface area contributed by atoms with Gasteiger partial charge in [0, 0.05) is 27.3 Å². The van der Waals surface area contributed by atoms with E-state index in [1.165, 1.54) is 38.0 Å². The molecule has 0 saturated carbocycles. The maximum atomic E-state index is 12.2. The molecule has 0 aliphatic carbocycles. The van der Waals surface area contributed by atoms with Gasteiger partial charge in [0.15, 0.2) is 0 Å². The zero-order chi connectivity index (χ0) is 17.2. The molecule has 8 nitrogen and oxygen atoms in total. The summed E-state index contributed by atoms with van der Waals surface area (Å²) in [6.07, 6.45) is 1.31. The highest BCUT2D eigenvalue weighted by molar-refractivity contribution is 7.89. The van der Waals surface area contributed by atoms with E-state index in [4.69, 9.17) is 5.11 Å². The summed E-state index contributed by atoms with van der Waals surface area (Å²) < 4.78 is 26.5. The number of sulfonamides is 1. The highest BCUT2D eigenvalue weighted by atomic mass is 32.2. The third kappa shape index (κ3) is 3.66. The lowest BCUT2D eigenvalue weighted by Crippen LogP contribution is -2.44. The Bertz CT molecular complexity index is 676. The van der Waals surface area contributed by atoms with E-state index in [-0.39, 0.29) is 16.5 Å². The molecular weight excluding hydrogens is 310 g/mol. The second kappa shape index (κ2) is 6.49. The van der Waals surface area contributed by atoms with Crippen LogP contribution in [0.25, 0.3) is 0 Å². The Morgan fingerprint density at radius 2 is 1.86 bits per heavy atom. The molecule has 1 aromatic rings. The predicted molar refractivity (Wildman–Crippen MR) is 80.0 cm³/mol. The van der Waals surface area contributed by atoms with E-state index in [0.717, 1.165) is 4.31 Å². The predicted octanol–water partition coefficient (Wildman–Crippen LogP) is 0.114. The standard InChI is InChI=1S/C13H21N3O5S/c1-8(2)11(13(18)19)14-12(17)10-6-9(7-16(10)5)22(20,21)15(3)4/h6-8,11H,1-5H3,(H,14,17)(H,18,19). The number of carboxylic acid groups (broad SMARTS) is 1. The van der Waals surface area contributed by atoms with Crippen LogP contribution in [-0.2, 0) is 21.9 Å². The second-order valence-corrected chi connectivity index (χ2v) is 7.64. The van der Waals surface area contributed by atoms with Crippen LogP contribution in [0.1, 0.15) is 24.3 Å². The van der Waals surface area contributed by atoms with Gasteiger partial charge in [-0.1, -0.05) is 13.8 Å². The van der Waals surface area contributed by atoms with Gasteiger partial charge in [0.1, 0.15) is 16.6 Å². The Morgan fingerprint density at radius 1 is 1.32 bits per heavy atom. The monoisotopic (exact) mass is 331 g/mol. The van der Waals surface area contributed by atoms with Gasteiger partial charge in [-0.15, -0.1) is 0 Å². The van der Waals surface area contributed by atoms with Crippen LogP contribution in [0.15, 0.2) is 17.2 Å². The summed E-state index contributed by atoms with van der Waals surface area (Å²) in [4.78, 5) is 23.3. The van der Waals surface area contributed by atoms with Crippen molar-refractivity contribution in [2.24, 2.45) is 13.0 Å². The van der Waals surface area contributed by atoms with Crippen molar-refractivity contribution in [3.63, 3.8) is 0 Å². The van der Waals surface area contributed by atoms with Crippen LogP contribution in [0.4, 0.5) is 0 Å². The molecule has 0 bridgehead atoms. The molecule has 22 heavy (non-hydrogen) atoms. The van der Waals surface area contributed by atoms with Gasteiger partial charge in [-0.25, -0.2) is 17.5 Å². The molecule has 1 atom stereocenters. The fraction of sp³-hybridized carbons (Fsp3) is 0.538. The van der Waals surface area contributed by atoms with Crippen LogP contribution in [-0.4, -0.2) is 54.4 Å². The zero-order valence-corrected chi connectivity index (χ0v) is 14.0. The van der Waals surface area contributed by atoms with Crippen molar-refractivity contribution >= 4 is 21.9 Å². The third-order valence-corrected chi connectivity index (χ3v) is 4.99. The lowest BCUT2D eigenvalue weighted by Gasteiger charge is -2.17. The molecule has 0 radical (unpaired) electrons. The average Bonchev–Trinajstić information content (AvgIpc) is 2.77. The van der Waals surface area contributed by atoms with Crippen molar-refractivity contribution in [2.75, 3.05) is 14.1 Å². The van der Waals surface area contributed by atoms with E-state index < -0.39 is 27.9 Å². The Labute approximate surface area is 129 Å². The van der Waals surface area contributed by atoms with Gasteiger partial charge < -0.3 is 15.0 Å². The number of aryl methyl sites for hydroxylation is 1. The van der Waals surface area contributed by atoms with Gasteiger partial charge in [-0.05, 0) is 12.0 Å². The fourth-order valence-electron chi connectivity index (χ4n) is 1.84. The van der Waals surface area contributed by atoms with Crippen LogP contribution < -0.4 is 5.32 Å². The second-order valence-electron chi connectivity index (χ2n) is 5.49. The number of carboxylic acids is 1. The quantitative estimate of drug-likeness (QED) is 0.769. The molecule has 1 unspecified atom stereocenters. The summed E-state index contributed by atoms with van der Waals surface area (Å²) in [5.41, 5.74) is 0.0762. The van der Waals surface area contributed by atoms with Crippen molar-refractivity contribution in [1.29, 1.82) is 0 Å². The molecule has 124 valence electrons. The average molecular weight is 331 g/mol. The van der Waals surface area contributed by atoms with Gasteiger partial charge in [0.25, 0.3) is 5.91 Å². The molecule has 1 aromatic heterocycles. The van der Waals surface area contributed by atoms with Crippen LogP contribution >= 0.6 is 0 Å². The van der Waals surface area contributed by atoms with Crippen LogP contribution in [0, 0.1) is 5.92 Å². The molecule has 9 heteroatoms. The first-order valence-corrected chi connectivity index (χ1v) is 8.05. The van der Waals surface area contributed by atoms with E-state index in [1.807, 2.05) is 0 Å². The van der Waals surface area contributed by atoms with Crippen molar-refractivity contribution in [3.05, 3.63) is 18.0 Å². The number of nitrogens with one attached hydrogen (secondary N) is 1. The summed E-state index contributed by atoms with van der Waals surface area (Å²) in [7, 11) is 0.646. The number of hydrogen-bond acceptors (Lipinski definition) is 4. The molecular formula is C13H21N3O5S. The molecule has 0 spiro atoms. The first kappa shape index (κ1) is 18.2. The first-order chi connectivity index (χ1) is 9.98. The summed E-state index contributed by atoms with van der Waals surface area (Å²) in [6, 6.07) is 0.181. The molecule has 0 fully saturated rings. The third-order valence-electron chi connectivity index (χ3n) is 3.21. The summed E-state index contributed by atoms with van der Waals surface area (Å²) in [6.45, 7) is 3.35. The number of carbonyl (C=O) groups excluding carboxylic acids is 1. The number of amides is 1. The lowest BCUT2D eigenvalue weighted by molar-refractivity contribution is -0.140. The lowest BCUT2D eigenvalue weighted by atomic mass is 10.0. The van der Waals surface area contributed by atoms with Gasteiger partial charge in [0.2, 0.25) is 10.0 Å². The number of carbonyl (C=O) groups is 2. The first-order valence-electron chi connectivity index (χ1n) is 6.61. The molecule has 0 aromatic carbocycles. The van der Waals surface area contributed by atoms with E-state index >= 15 is 0 Å². The Morgan fingerprint density at radius 3 is 2.27 bits per heavy atom. The van der Waals surface area contributed by atoms with Crippen molar-refractivity contribution in [1.82, 2.24) is 14.2 Å². The number of aliphatic carboxylic acids is 1. The van der Waals surface area contributed by atoms with Crippen LogP contribution in [0.2, 0.25) is 0 Å². The van der Waals surface area contributed by atoms with Crippen LogP contribution in [0.3, 0.4) is 0 Å². The zero-order valence-electron chi connectivity index (χ0n) is 13.2. The highest BCUT2D eigenvalue weighted by Crippen LogP contribution is 2.17. The summed E-state index contributed by atoms with van der Waals surface area (Å²) in [5.74, 6) is -2.07. The minimum Gasteiger partial charge on any atom is -0.480 e. The normalized spacial score (nSPS) is 13.4. The molecule has 0 saturated heterocycles. The Balaban J connectivity index is 3.11. The molecule has 0 aliphatic heterocycles. The maximum absolute atomic E-state index is 12.2. The molecule has 1 rings (SSSR count). The highest BCUT2D eigenvalue weighted by Gasteiger charge is 2.27. The Kier molecular flexibility index (Phi) is 5.36. The minimum atomic E-state index is -3.66. The van der Waals surface area contributed by atoms with Gasteiger partial charge in [0.05, 0.1) is 0 Å². The smallest absolute Gasteiger partial charge is 0.326 e. The number of rotatable bonds is 6. The summed E-state index contributed by atoms with van der Waals surface area (Å²) >= 11 is 0. The fourth-order valence-corrected chi connectivity index (χ4v) is 2.81. The molecule has 0 aliphatic rings. The number of hydrogen-bond donors (Lipinski definition) is 2. The SMILES string of the molecule is CC(C)C(NC(=O)c1cc(S(=O)(=O)N(C)C)cn1C)C(=O)O. The van der Waals surface area contributed by atoms with Gasteiger partial charge >= 0.3 is 5.97 Å². The molecule has 2 N–H and O–H groups in total. The van der Waals surface area contributed by atoms with Crippen molar-refractivity contribution in [3.8, 4) is 0 Å². The van der Waals surface area contributed by atoms with E-state index in [1.54, 1.807) is 13.8 Å².